The van der Waals surface area contributed by atoms with Crippen LogP contribution >= 0.6 is 0 Å². The van der Waals surface area contributed by atoms with Crippen LogP contribution < -0.4 is 5.56 Å². The molecule has 0 fully saturated rings. The molecule has 1 rings (SSSR count). The Bertz CT molecular complexity index is 272. The van der Waals surface area contributed by atoms with Crippen LogP contribution in [0.15, 0.2) is 10.9 Å². The predicted molar refractivity (Wildman–Crippen MR) is 39.0 cm³/mol. The lowest BCUT2D eigenvalue weighted by Gasteiger charge is -1.99. The molecule has 4 nitrogen and oxygen atoms in total. The first-order valence-corrected chi connectivity index (χ1v) is 2.82. The van der Waals surface area contributed by atoms with E-state index in [1.807, 2.05) is 18.7 Å². The fourth-order valence-electron chi connectivity index (χ4n) is 0.750. The summed E-state index contributed by atoms with van der Waals surface area (Å²) < 4.78 is 3.37. The molecule has 0 radical (unpaired) electrons. The van der Waals surface area contributed by atoms with Crippen molar-refractivity contribution in [3.8, 4) is 0 Å². The van der Waals surface area contributed by atoms with E-state index in [0.29, 0.717) is 0 Å². The monoisotopic (exact) mass is 144 g/mol. The van der Waals surface area contributed by atoms with Crippen molar-refractivity contribution < 1.29 is 5.48 Å². The van der Waals surface area contributed by atoms with Crippen molar-refractivity contribution in [2.24, 2.45) is 14.1 Å². The average molecular weight is 144 g/mol. The number of aromatic nitrogens is 2. The molecule has 0 aliphatic heterocycles. The largest absolute Gasteiger partial charge is 0.412 e. The molecule has 1 aromatic rings. The van der Waals surface area contributed by atoms with Gasteiger partial charge < -0.3 is 5.48 Å². The lowest BCUT2D eigenvalue weighted by atomic mass is 10.5. The molecule has 58 valence electrons. The molecule has 0 aliphatic rings. The summed E-state index contributed by atoms with van der Waals surface area (Å²) >= 11 is 0. The Balaban J connectivity index is 0.000000810. The smallest absolute Gasteiger partial charge is 0.266 e. The number of hydrogen-bond donors (Lipinski definition) is 0. The zero-order valence-electron chi connectivity index (χ0n) is 6.38. The first-order valence-electron chi connectivity index (χ1n) is 2.82. The fraction of sp³-hybridized carbons (Fsp3) is 0.500. The molecule has 0 atom stereocenters. The summed E-state index contributed by atoms with van der Waals surface area (Å²) in [7, 11) is 3.60. The van der Waals surface area contributed by atoms with E-state index in [0.717, 1.165) is 5.69 Å². The van der Waals surface area contributed by atoms with Crippen molar-refractivity contribution in [3.05, 3.63) is 22.1 Å². The molecule has 1 aromatic heterocycles. The Kier molecular flexibility index (Phi) is 2.42. The van der Waals surface area contributed by atoms with Gasteiger partial charge in [-0.3, -0.25) is 14.2 Å². The van der Waals surface area contributed by atoms with Crippen molar-refractivity contribution >= 4 is 0 Å². The standard InChI is InChI=1S/C6H10N2O.H2O/c1-5-4-6(9)8(3)7(5)2;/h4H,1-3H3;1H2. The van der Waals surface area contributed by atoms with Gasteiger partial charge in [0.15, 0.2) is 0 Å². The van der Waals surface area contributed by atoms with Gasteiger partial charge in [0.2, 0.25) is 0 Å². The van der Waals surface area contributed by atoms with Gasteiger partial charge in [-0.2, -0.15) is 0 Å². The topological polar surface area (TPSA) is 58.4 Å². The van der Waals surface area contributed by atoms with Crippen LogP contribution in [0.3, 0.4) is 0 Å². The van der Waals surface area contributed by atoms with Gasteiger partial charge in [-0.1, -0.05) is 0 Å². The molecule has 0 unspecified atom stereocenters. The van der Waals surface area contributed by atoms with E-state index in [-0.39, 0.29) is 11.0 Å². The van der Waals surface area contributed by atoms with Crippen LogP contribution in [0.25, 0.3) is 0 Å². The van der Waals surface area contributed by atoms with E-state index in [4.69, 9.17) is 0 Å². The van der Waals surface area contributed by atoms with Crippen molar-refractivity contribution in [1.29, 1.82) is 0 Å². The van der Waals surface area contributed by atoms with Crippen molar-refractivity contribution in [2.45, 2.75) is 6.92 Å². The van der Waals surface area contributed by atoms with Gasteiger partial charge in [0, 0.05) is 25.9 Å². The molecular formula is C6H12N2O2. The van der Waals surface area contributed by atoms with Crippen molar-refractivity contribution in [2.75, 3.05) is 0 Å². The molecule has 0 amide bonds. The van der Waals surface area contributed by atoms with Crippen LogP contribution in [0.2, 0.25) is 0 Å². The summed E-state index contributed by atoms with van der Waals surface area (Å²) in [4.78, 5) is 10.8. The van der Waals surface area contributed by atoms with E-state index in [9.17, 15) is 4.79 Å². The molecule has 4 heteroatoms. The predicted octanol–water partition coefficient (Wildman–Crippen LogP) is -0.792. The van der Waals surface area contributed by atoms with Crippen LogP contribution in [0.4, 0.5) is 0 Å². The Morgan fingerprint density at radius 3 is 1.90 bits per heavy atom. The minimum absolute atomic E-state index is 0. The maximum absolute atomic E-state index is 10.8. The fourth-order valence-corrected chi connectivity index (χ4v) is 0.750. The highest BCUT2D eigenvalue weighted by molar-refractivity contribution is 4.97. The van der Waals surface area contributed by atoms with Crippen molar-refractivity contribution in [1.82, 2.24) is 9.36 Å². The first-order chi connectivity index (χ1) is 4.13. The van der Waals surface area contributed by atoms with E-state index in [2.05, 4.69) is 0 Å². The van der Waals surface area contributed by atoms with E-state index in [1.54, 1.807) is 17.8 Å². The summed E-state index contributed by atoms with van der Waals surface area (Å²) in [6.07, 6.45) is 0. The summed E-state index contributed by atoms with van der Waals surface area (Å²) in [6.45, 7) is 1.90. The van der Waals surface area contributed by atoms with Gasteiger partial charge in [-0.25, -0.2) is 0 Å². The molecule has 10 heavy (non-hydrogen) atoms. The van der Waals surface area contributed by atoms with Crippen LogP contribution in [0, 0.1) is 6.92 Å². The quantitative estimate of drug-likeness (QED) is 0.470. The molecule has 0 aliphatic carbocycles. The maximum atomic E-state index is 10.8. The maximum Gasteiger partial charge on any atom is 0.266 e. The SMILES string of the molecule is Cc1cc(=O)n(C)n1C.O. The van der Waals surface area contributed by atoms with Gasteiger partial charge in [0.25, 0.3) is 5.56 Å². The molecule has 0 saturated heterocycles. The highest BCUT2D eigenvalue weighted by atomic mass is 16.1. The minimum Gasteiger partial charge on any atom is -0.412 e. The average Bonchev–Trinajstić information content (AvgIpc) is 1.98. The summed E-state index contributed by atoms with van der Waals surface area (Å²) in [5.74, 6) is 0. The van der Waals surface area contributed by atoms with Gasteiger partial charge in [0.05, 0.1) is 0 Å². The van der Waals surface area contributed by atoms with Crippen LogP contribution in [-0.2, 0) is 14.1 Å². The second-order valence-corrected chi connectivity index (χ2v) is 2.17. The highest BCUT2D eigenvalue weighted by Gasteiger charge is 1.96. The summed E-state index contributed by atoms with van der Waals surface area (Å²) in [6, 6.07) is 1.61. The second kappa shape index (κ2) is 2.70. The van der Waals surface area contributed by atoms with Crippen LogP contribution in [0.5, 0.6) is 0 Å². The first kappa shape index (κ1) is 8.97. The molecular weight excluding hydrogens is 132 g/mol. The Morgan fingerprint density at radius 2 is 1.80 bits per heavy atom. The number of aryl methyl sites for hydroxylation is 1. The molecule has 0 spiro atoms. The van der Waals surface area contributed by atoms with Gasteiger partial charge in [-0.15, -0.1) is 0 Å². The minimum atomic E-state index is 0. The third-order valence-electron chi connectivity index (χ3n) is 1.61. The van der Waals surface area contributed by atoms with E-state index >= 15 is 0 Å². The van der Waals surface area contributed by atoms with Crippen molar-refractivity contribution in [3.63, 3.8) is 0 Å². The zero-order chi connectivity index (χ0) is 7.02. The number of nitrogens with zero attached hydrogens (tertiary/aromatic N) is 2. The second-order valence-electron chi connectivity index (χ2n) is 2.17. The molecule has 0 aromatic carbocycles. The Morgan fingerprint density at radius 1 is 1.30 bits per heavy atom. The molecule has 0 saturated carbocycles. The number of hydrogen-bond acceptors (Lipinski definition) is 1. The summed E-state index contributed by atoms with van der Waals surface area (Å²) in [5, 5.41) is 0. The normalized spacial score (nSPS) is 9.10. The molecule has 2 N–H and O–H groups in total. The highest BCUT2D eigenvalue weighted by Crippen LogP contribution is 1.87. The third-order valence-corrected chi connectivity index (χ3v) is 1.61. The lowest BCUT2D eigenvalue weighted by molar-refractivity contribution is 0.567. The van der Waals surface area contributed by atoms with Gasteiger partial charge in [0.1, 0.15) is 0 Å². The van der Waals surface area contributed by atoms with Crippen LogP contribution in [0.1, 0.15) is 5.69 Å². The zero-order valence-corrected chi connectivity index (χ0v) is 6.38. The Labute approximate surface area is 59.0 Å². The third kappa shape index (κ3) is 1.11. The molecule has 0 bridgehead atoms. The van der Waals surface area contributed by atoms with Crippen LogP contribution in [-0.4, -0.2) is 14.8 Å². The Hall–Kier alpha value is -1.03. The lowest BCUT2D eigenvalue weighted by Crippen LogP contribution is -2.16. The number of rotatable bonds is 0. The van der Waals surface area contributed by atoms with E-state index < -0.39 is 0 Å². The van der Waals surface area contributed by atoms with Gasteiger partial charge in [-0.05, 0) is 6.92 Å². The summed E-state index contributed by atoms with van der Waals surface area (Å²) in [5.41, 5.74) is 1.04. The van der Waals surface area contributed by atoms with E-state index in [1.165, 1.54) is 0 Å². The molecule has 1 heterocycles. The van der Waals surface area contributed by atoms with Gasteiger partial charge >= 0.3 is 0 Å².